The number of hydrogen-bond donors (Lipinski definition) is 0. The van der Waals surface area contributed by atoms with Gasteiger partial charge in [0.15, 0.2) is 0 Å². The Bertz CT molecular complexity index is 3980. The lowest BCUT2D eigenvalue weighted by Crippen LogP contribution is -2.00. The standard InChI is InChI=1S/C54H32N2S2/c1-2-16-38-37(15-1)49-41-19-5-9-21-43(41)56(32-26-28-36-34-14-8-12-24-46(34)58-48(36)30-32)54(49)51-39-17-3-4-18-40(39)53-52(50(38)51)42-20-6-10-22-44(42)55(53)31-25-27-35-33-13-7-11-23-45(33)57-47(35)29-31/h1-5,7-19,21-30H,6,20H2. The van der Waals surface area contributed by atoms with Crippen LogP contribution in [0.15, 0.2) is 164 Å². The molecule has 1 aliphatic rings. The summed E-state index contributed by atoms with van der Waals surface area (Å²) in [5.74, 6) is 0. The summed E-state index contributed by atoms with van der Waals surface area (Å²) >= 11 is 3.79. The summed E-state index contributed by atoms with van der Waals surface area (Å²) in [4.78, 5) is 0. The van der Waals surface area contributed by atoms with Crippen LogP contribution in [0.4, 0.5) is 0 Å². The fourth-order valence-electron chi connectivity index (χ4n) is 10.6. The molecule has 0 aliphatic heterocycles. The van der Waals surface area contributed by atoms with E-state index in [1.807, 2.05) is 22.7 Å². The minimum absolute atomic E-state index is 1.01. The van der Waals surface area contributed by atoms with Crippen LogP contribution in [0, 0.1) is 0 Å². The van der Waals surface area contributed by atoms with Crippen molar-refractivity contribution in [1.82, 2.24) is 9.13 Å². The van der Waals surface area contributed by atoms with Gasteiger partial charge in [-0.3, -0.25) is 0 Å². The van der Waals surface area contributed by atoms with Gasteiger partial charge in [0, 0.05) is 89.7 Å². The summed E-state index contributed by atoms with van der Waals surface area (Å²) in [6, 6.07) is 59.4. The van der Waals surface area contributed by atoms with Crippen molar-refractivity contribution in [3.05, 3.63) is 175 Å². The van der Waals surface area contributed by atoms with E-state index in [4.69, 9.17) is 0 Å². The summed E-state index contributed by atoms with van der Waals surface area (Å²) in [5.41, 5.74) is 9.00. The minimum atomic E-state index is 1.01. The van der Waals surface area contributed by atoms with E-state index in [0.717, 1.165) is 12.8 Å². The molecule has 0 fully saturated rings. The van der Waals surface area contributed by atoms with E-state index in [2.05, 4.69) is 179 Å². The molecule has 270 valence electrons. The summed E-state index contributed by atoms with van der Waals surface area (Å²) in [5, 5.41) is 17.2. The largest absolute Gasteiger partial charge is 0.309 e. The van der Waals surface area contributed by atoms with Gasteiger partial charge >= 0.3 is 0 Å². The average molecular weight is 773 g/mol. The predicted molar refractivity (Wildman–Crippen MR) is 253 cm³/mol. The molecule has 4 aromatic heterocycles. The Morgan fingerprint density at radius 2 is 0.897 bits per heavy atom. The molecule has 13 aromatic rings. The molecular weight excluding hydrogens is 741 g/mol. The maximum Gasteiger partial charge on any atom is 0.0632 e. The fourth-order valence-corrected chi connectivity index (χ4v) is 12.9. The molecule has 4 heterocycles. The Hall–Kier alpha value is -6.72. The molecule has 0 atom stereocenters. The van der Waals surface area contributed by atoms with Crippen molar-refractivity contribution in [3.63, 3.8) is 0 Å². The summed E-state index contributed by atoms with van der Waals surface area (Å²) in [6.07, 6.45) is 6.81. The molecular formula is C54H32N2S2. The van der Waals surface area contributed by atoms with Crippen molar-refractivity contribution >= 4 is 134 Å². The third-order valence-electron chi connectivity index (χ3n) is 12.9. The molecule has 0 saturated heterocycles. The van der Waals surface area contributed by atoms with Crippen LogP contribution in [0.25, 0.3) is 123 Å². The second-order valence-electron chi connectivity index (χ2n) is 15.8. The number of para-hydroxylation sites is 1. The first kappa shape index (κ1) is 31.4. The summed E-state index contributed by atoms with van der Waals surface area (Å²) < 4.78 is 10.5. The fraction of sp³-hybridized carbons (Fsp3) is 0.0370. The van der Waals surface area contributed by atoms with Gasteiger partial charge in [0.2, 0.25) is 0 Å². The van der Waals surface area contributed by atoms with E-state index in [-0.39, 0.29) is 0 Å². The van der Waals surface area contributed by atoms with Crippen LogP contribution >= 0.6 is 22.7 Å². The average Bonchev–Trinajstić information content (AvgIpc) is 4.03. The van der Waals surface area contributed by atoms with E-state index in [1.54, 1.807) is 0 Å². The maximum atomic E-state index is 2.59. The Labute approximate surface area is 340 Å². The normalized spacial score (nSPS) is 13.3. The number of aromatic nitrogens is 2. The van der Waals surface area contributed by atoms with Gasteiger partial charge in [-0.2, -0.15) is 0 Å². The number of allylic oxidation sites excluding steroid dienone is 1. The lowest BCUT2D eigenvalue weighted by atomic mass is 9.88. The van der Waals surface area contributed by atoms with Crippen LogP contribution in [0.3, 0.4) is 0 Å². The third-order valence-corrected chi connectivity index (χ3v) is 15.2. The topological polar surface area (TPSA) is 9.86 Å². The number of nitrogens with zero attached hydrogens (tertiary/aromatic N) is 2. The van der Waals surface area contributed by atoms with Crippen LogP contribution < -0.4 is 0 Å². The first-order valence-electron chi connectivity index (χ1n) is 20.2. The molecule has 0 bridgehead atoms. The Kier molecular flexibility index (Phi) is 6.19. The van der Waals surface area contributed by atoms with Gasteiger partial charge in [-0.25, -0.2) is 0 Å². The monoisotopic (exact) mass is 772 g/mol. The number of rotatable bonds is 2. The van der Waals surface area contributed by atoms with Gasteiger partial charge in [0.25, 0.3) is 0 Å². The van der Waals surface area contributed by atoms with Crippen molar-refractivity contribution in [3.8, 4) is 11.4 Å². The van der Waals surface area contributed by atoms with E-state index in [9.17, 15) is 0 Å². The number of thiophene rings is 2. The van der Waals surface area contributed by atoms with Crippen molar-refractivity contribution in [2.24, 2.45) is 0 Å². The molecule has 4 heteroatoms. The predicted octanol–water partition coefficient (Wildman–Crippen LogP) is 15.9. The SMILES string of the molecule is C1=Cc2c(c3c4c5ccccc5c5c6ccccc6n(-c6ccc7c(c6)sc6ccccc67)c5c4c4ccccc4c3n2-c2ccc3c(c2)sc2ccccc23)CC1. The highest BCUT2D eigenvalue weighted by Crippen LogP contribution is 2.51. The van der Waals surface area contributed by atoms with E-state index in [0.29, 0.717) is 0 Å². The quantitative estimate of drug-likeness (QED) is 0.155. The van der Waals surface area contributed by atoms with Crippen LogP contribution in [-0.4, -0.2) is 9.13 Å². The Morgan fingerprint density at radius 1 is 0.379 bits per heavy atom. The van der Waals surface area contributed by atoms with Crippen molar-refractivity contribution in [2.45, 2.75) is 12.8 Å². The zero-order valence-electron chi connectivity index (χ0n) is 31.3. The molecule has 0 spiro atoms. The molecule has 9 aromatic carbocycles. The molecule has 0 N–H and O–H groups in total. The van der Waals surface area contributed by atoms with Gasteiger partial charge in [-0.15, -0.1) is 22.7 Å². The number of aryl methyl sites for hydroxylation is 1. The van der Waals surface area contributed by atoms with Crippen molar-refractivity contribution < 1.29 is 0 Å². The van der Waals surface area contributed by atoms with Gasteiger partial charge in [0.1, 0.15) is 0 Å². The number of fused-ring (bicyclic) bond motifs is 21. The molecule has 1 aliphatic carbocycles. The molecule has 14 rings (SSSR count). The second-order valence-corrected chi connectivity index (χ2v) is 18.0. The zero-order valence-corrected chi connectivity index (χ0v) is 32.9. The Morgan fingerprint density at radius 3 is 1.57 bits per heavy atom. The number of benzene rings is 9. The molecule has 0 radical (unpaired) electrons. The second kappa shape index (κ2) is 11.4. The van der Waals surface area contributed by atoms with Crippen LogP contribution in [0.5, 0.6) is 0 Å². The summed E-state index contributed by atoms with van der Waals surface area (Å²) in [7, 11) is 0. The van der Waals surface area contributed by atoms with Crippen LogP contribution in [-0.2, 0) is 6.42 Å². The van der Waals surface area contributed by atoms with Crippen molar-refractivity contribution in [2.75, 3.05) is 0 Å². The Balaban J connectivity index is 1.20. The van der Waals surface area contributed by atoms with E-state index >= 15 is 0 Å². The van der Waals surface area contributed by atoms with Crippen molar-refractivity contribution in [1.29, 1.82) is 0 Å². The van der Waals surface area contributed by atoms with Gasteiger partial charge < -0.3 is 9.13 Å². The molecule has 2 nitrogen and oxygen atoms in total. The van der Waals surface area contributed by atoms with E-state index in [1.165, 1.54) is 128 Å². The minimum Gasteiger partial charge on any atom is -0.309 e. The molecule has 0 unspecified atom stereocenters. The number of hydrogen-bond acceptors (Lipinski definition) is 2. The molecule has 0 amide bonds. The highest BCUT2D eigenvalue weighted by atomic mass is 32.1. The maximum absolute atomic E-state index is 2.59. The summed E-state index contributed by atoms with van der Waals surface area (Å²) in [6.45, 7) is 0. The highest BCUT2D eigenvalue weighted by molar-refractivity contribution is 7.26. The third kappa shape index (κ3) is 4.01. The lowest BCUT2D eigenvalue weighted by molar-refractivity contribution is 0.969. The van der Waals surface area contributed by atoms with Crippen LogP contribution in [0.1, 0.15) is 17.7 Å². The van der Waals surface area contributed by atoms with Crippen LogP contribution in [0.2, 0.25) is 0 Å². The van der Waals surface area contributed by atoms with Gasteiger partial charge in [0.05, 0.1) is 16.6 Å². The molecule has 58 heavy (non-hydrogen) atoms. The highest BCUT2D eigenvalue weighted by Gasteiger charge is 2.28. The molecule has 0 saturated carbocycles. The lowest BCUT2D eigenvalue weighted by Gasteiger charge is -2.17. The first-order valence-corrected chi connectivity index (χ1v) is 21.8. The first-order chi connectivity index (χ1) is 28.8. The van der Waals surface area contributed by atoms with Gasteiger partial charge in [-0.1, -0.05) is 121 Å². The smallest absolute Gasteiger partial charge is 0.0632 e. The zero-order chi connectivity index (χ0) is 37.6. The van der Waals surface area contributed by atoms with E-state index < -0.39 is 0 Å². The van der Waals surface area contributed by atoms with Gasteiger partial charge in [-0.05, 0) is 83.1 Å².